The van der Waals surface area contributed by atoms with Gasteiger partial charge in [0.2, 0.25) is 0 Å². The van der Waals surface area contributed by atoms with Gasteiger partial charge in [-0.1, -0.05) is 6.07 Å². The molecule has 0 N–H and O–H groups in total. The van der Waals surface area contributed by atoms with Crippen LogP contribution in [-0.2, 0) is 9.47 Å². The third kappa shape index (κ3) is 2.39. The molecule has 0 radical (unpaired) electrons. The fourth-order valence-corrected chi connectivity index (χ4v) is 1.40. The van der Waals surface area contributed by atoms with Gasteiger partial charge in [-0.15, -0.1) is 0 Å². The molecule has 0 aromatic heterocycles. The maximum atomic E-state index is 11.6. The standard InChI is InChI=1S/C12H14O4/c1-4-16-12(14)10-7-5-6-9(8(10)2)11(13)15-3/h5-7H,4H2,1-3H3. The molecule has 0 heterocycles. The summed E-state index contributed by atoms with van der Waals surface area (Å²) in [6.45, 7) is 3.73. The molecule has 0 amide bonds. The van der Waals surface area contributed by atoms with Crippen molar-refractivity contribution in [3.8, 4) is 0 Å². The number of benzene rings is 1. The predicted molar refractivity (Wildman–Crippen MR) is 58.5 cm³/mol. The second kappa shape index (κ2) is 5.30. The Morgan fingerprint density at radius 1 is 1.19 bits per heavy atom. The minimum absolute atomic E-state index is 0.306. The minimum Gasteiger partial charge on any atom is -0.465 e. The van der Waals surface area contributed by atoms with Crippen LogP contribution in [0.2, 0.25) is 0 Å². The molecule has 0 atom stereocenters. The Bertz CT molecular complexity index is 409. The Labute approximate surface area is 94.2 Å². The van der Waals surface area contributed by atoms with Crippen LogP contribution in [0.25, 0.3) is 0 Å². The highest BCUT2D eigenvalue weighted by atomic mass is 16.5. The molecule has 0 unspecified atom stereocenters. The van der Waals surface area contributed by atoms with Gasteiger partial charge >= 0.3 is 11.9 Å². The number of rotatable bonds is 3. The first-order valence-electron chi connectivity index (χ1n) is 4.96. The topological polar surface area (TPSA) is 52.6 Å². The normalized spacial score (nSPS) is 9.69. The highest BCUT2D eigenvalue weighted by Gasteiger charge is 2.16. The summed E-state index contributed by atoms with van der Waals surface area (Å²) in [5, 5.41) is 0. The van der Waals surface area contributed by atoms with Crippen molar-refractivity contribution in [1.82, 2.24) is 0 Å². The van der Waals surface area contributed by atoms with Crippen molar-refractivity contribution in [1.29, 1.82) is 0 Å². The van der Waals surface area contributed by atoms with Crippen LogP contribution in [0.5, 0.6) is 0 Å². The van der Waals surface area contributed by atoms with Gasteiger partial charge in [-0.3, -0.25) is 0 Å². The summed E-state index contributed by atoms with van der Waals surface area (Å²) in [6, 6.07) is 4.87. The molecule has 86 valence electrons. The molecule has 4 nitrogen and oxygen atoms in total. The van der Waals surface area contributed by atoms with Gasteiger partial charge in [-0.2, -0.15) is 0 Å². The summed E-state index contributed by atoms with van der Waals surface area (Å²) < 4.78 is 9.51. The third-order valence-electron chi connectivity index (χ3n) is 2.23. The fourth-order valence-electron chi connectivity index (χ4n) is 1.40. The van der Waals surface area contributed by atoms with Crippen LogP contribution in [0.3, 0.4) is 0 Å². The lowest BCUT2D eigenvalue weighted by atomic mass is 10.0. The maximum absolute atomic E-state index is 11.6. The van der Waals surface area contributed by atoms with Gasteiger partial charge in [-0.05, 0) is 31.5 Å². The molecular formula is C12H14O4. The third-order valence-corrected chi connectivity index (χ3v) is 2.23. The number of carbonyl (C=O) groups excluding carboxylic acids is 2. The van der Waals surface area contributed by atoms with Crippen molar-refractivity contribution in [2.24, 2.45) is 0 Å². The smallest absolute Gasteiger partial charge is 0.338 e. The Morgan fingerprint density at radius 2 is 1.75 bits per heavy atom. The molecule has 4 heteroatoms. The average molecular weight is 222 g/mol. The number of methoxy groups -OCH3 is 1. The highest BCUT2D eigenvalue weighted by molar-refractivity contribution is 5.97. The van der Waals surface area contributed by atoms with Crippen LogP contribution in [0, 0.1) is 6.92 Å². The van der Waals surface area contributed by atoms with Crippen LogP contribution < -0.4 is 0 Å². The molecule has 0 saturated heterocycles. The molecule has 0 aliphatic carbocycles. The molecule has 1 aromatic rings. The van der Waals surface area contributed by atoms with E-state index in [0.29, 0.717) is 23.3 Å². The van der Waals surface area contributed by atoms with Gasteiger partial charge < -0.3 is 9.47 Å². The van der Waals surface area contributed by atoms with E-state index in [2.05, 4.69) is 4.74 Å². The van der Waals surface area contributed by atoms with Crippen molar-refractivity contribution in [2.45, 2.75) is 13.8 Å². The number of carbonyl (C=O) groups is 2. The molecule has 1 aromatic carbocycles. The molecule has 0 saturated carbocycles. The van der Waals surface area contributed by atoms with Crippen molar-refractivity contribution >= 4 is 11.9 Å². The second-order valence-electron chi connectivity index (χ2n) is 3.19. The Balaban J connectivity index is 3.13. The maximum Gasteiger partial charge on any atom is 0.338 e. The van der Waals surface area contributed by atoms with E-state index in [4.69, 9.17) is 4.74 Å². The van der Waals surface area contributed by atoms with Crippen molar-refractivity contribution < 1.29 is 19.1 Å². The summed E-state index contributed by atoms with van der Waals surface area (Å²) >= 11 is 0. The van der Waals surface area contributed by atoms with Crippen molar-refractivity contribution in [3.63, 3.8) is 0 Å². The summed E-state index contributed by atoms with van der Waals surface area (Å²) in [5.74, 6) is -0.880. The Hall–Kier alpha value is -1.84. The quantitative estimate of drug-likeness (QED) is 0.733. The minimum atomic E-state index is -0.455. The summed E-state index contributed by atoms with van der Waals surface area (Å²) in [6.07, 6.45) is 0. The van der Waals surface area contributed by atoms with E-state index < -0.39 is 11.9 Å². The second-order valence-corrected chi connectivity index (χ2v) is 3.19. The SMILES string of the molecule is CCOC(=O)c1cccc(C(=O)OC)c1C. The lowest BCUT2D eigenvalue weighted by Gasteiger charge is -2.08. The zero-order chi connectivity index (χ0) is 12.1. The Morgan fingerprint density at radius 3 is 2.25 bits per heavy atom. The van der Waals surface area contributed by atoms with Gasteiger partial charge in [0, 0.05) is 0 Å². The summed E-state index contributed by atoms with van der Waals surface area (Å²) in [4.78, 5) is 22.9. The number of hydrogen-bond donors (Lipinski definition) is 0. The first-order valence-corrected chi connectivity index (χ1v) is 4.96. The molecule has 0 aliphatic heterocycles. The van der Waals surface area contributed by atoms with Crippen molar-refractivity contribution in [2.75, 3.05) is 13.7 Å². The lowest BCUT2D eigenvalue weighted by Crippen LogP contribution is -2.11. The molecule has 0 aliphatic rings. The van der Waals surface area contributed by atoms with E-state index in [-0.39, 0.29) is 0 Å². The van der Waals surface area contributed by atoms with Gasteiger partial charge in [0.1, 0.15) is 0 Å². The zero-order valence-corrected chi connectivity index (χ0v) is 9.57. The molecule has 0 bridgehead atoms. The zero-order valence-electron chi connectivity index (χ0n) is 9.57. The van der Waals surface area contributed by atoms with Gasteiger partial charge in [0.25, 0.3) is 0 Å². The molecule has 0 fully saturated rings. The lowest BCUT2D eigenvalue weighted by molar-refractivity contribution is 0.0525. The van der Waals surface area contributed by atoms with Crippen LogP contribution in [0.15, 0.2) is 18.2 Å². The van der Waals surface area contributed by atoms with E-state index in [9.17, 15) is 9.59 Å². The number of ether oxygens (including phenoxy) is 2. The molecular weight excluding hydrogens is 208 g/mol. The Kier molecular flexibility index (Phi) is 4.05. The summed E-state index contributed by atoms with van der Waals surface area (Å²) in [5.41, 5.74) is 1.35. The number of esters is 2. The largest absolute Gasteiger partial charge is 0.465 e. The average Bonchev–Trinajstić information content (AvgIpc) is 2.28. The van der Waals surface area contributed by atoms with E-state index >= 15 is 0 Å². The van der Waals surface area contributed by atoms with Gasteiger partial charge in [0.15, 0.2) is 0 Å². The van der Waals surface area contributed by atoms with Crippen LogP contribution in [-0.4, -0.2) is 25.7 Å². The summed E-state index contributed by atoms with van der Waals surface area (Å²) in [7, 11) is 1.30. The first-order chi connectivity index (χ1) is 7.61. The van der Waals surface area contributed by atoms with E-state index in [1.54, 1.807) is 32.0 Å². The van der Waals surface area contributed by atoms with E-state index in [1.165, 1.54) is 7.11 Å². The van der Waals surface area contributed by atoms with Gasteiger partial charge in [-0.25, -0.2) is 9.59 Å². The molecule has 1 rings (SSSR count). The van der Waals surface area contributed by atoms with Crippen LogP contribution in [0.4, 0.5) is 0 Å². The molecule has 16 heavy (non-hydrogen) atoms. The van der Waals surface area contributed by atoms with Gasteiger partial charge in [0.05, 0.1) is 24.8 Å². The molecule has 0 spiro atoms. The van der Waals surface area contributed by atoms with E-state index in [0.717, 1.165) is 0 Å². The van der Waals surface area contributed by atoms with Crippen molar-refractivity contribution in [3.05, 3.63) is 34.9 Å². The monoisotopic (exact) mass is 222 g/mol. The van der Waals surface area contributed by atoms with Crippen LogP contribution in [0.1, 0.15) is 33.2 Å². The predicted octanol–water partition coefficient (Wildman–Crippen LogP) is 1.96. The number of hydrogen-bond acceptors (Lipinski definition) is 4. The fraction of sp³-hybridized carbons (Fsp3) is 0.333. The first kappa shape index (κ1) is 12.2. The van der Waals surface area contributed by atoms with Crippen LogP contribution >= 0.6 is 0 Å². The van der Waals surface area contributed by atoms with E-state index in [1.807, 2.05) is 0 Å². The highest BCUT2D eigenvalue weighted by Crippen LogP contribution is 2.15.